The van der Waals surface area contributed by atoms with Crippen LogP contribution in [0.3, 0.4) is 0 Å². The lowest BCUT2D eigenvalue weighted by atomic mass is 10.0. The first kappa shape index (κ1) is 25.3. The molecule has 2 N–H and O–H groups in total. The molecular weight excluding hydrogens is 485 g/mol. The summed E-state index contributed by atoms with van der Waals surface area (Å²) in [4.78, 5) is 11.5. The summed E-state index contributed by atoms with van der Waals surface area (Å²) in [5.41, 5.74) is 1.13. The van der Waals surface area contributed by atoms with Crippen LogP contribution in [0, 0.1) is 0 Å². The normalized spacial score (nSPS) is 17.6. The van der Waals surface area contributed by atoms with E-state index in [4.69, 9.17) is 0 Å². The van der Waals surface area contributed by atoms with Crippen LogP contribution in [0.4, 0.5) is 0 Å². The van der Waals surface area contributed by atoms with E-state index in [1.54, 1.807) is 0 Å². The van der Waals surface area contributed by atoms with Crippen LogP contribution in [-0.4, -0.2) is 62.8 Å². The van der Waals surface area contributed by atoms with Gasteiger partial charge in [0.1, 0.15) is 0 Å². The number of aromatic nitrogens is 1. The van der Waals surface area contributed by atoms with Crippen LogP contribution in [0.5, 0.6) is 0 Å². The van der Waals surface area contributed by atoms with Crippen molar-refractivity contribution in [2.24, 2.45) is 4.99 Å². The Bertz CT molecular complexity index is 613. The van der Waals surface area contributed by atoms with Gasteiger partial charge >= 0.3 is 0 Å². The molecule has 1 saturated heterocycles. The highest BCUT2D eigenvalue weighted by Gasteiger charge is 2.21. The molecule has 1 aromatic heterocycles. The first-order valence-corrected chi connectivity index (χ1v) is 11.3. The van der Waals surface area contributed by atoms with Gasteiger partial charge in [0.25, 0.3) is 0 Å². The van der Waals surface area contributed by atoms with E-state index >= 15 is 0 Å². The molecule has 2 heterocycles. The average Bonchev–Trinajstić information content (AvgIpc) is 2.63. The second-order valence-corrected chi connectivity index (χ2v) is 10.3. The number of pyridine rings is 1. The Morgan fingerprint density at radius 3 is 2.61 bits per heavy atom. The molecule has 8 heteroatoms. The number of hydrogen-bond acceptors (Lipinski definition) is 4. The number of hydrogen-bond donors (Lipinski definition) is 2. The molecule has 6 nitrogen and oxygen atoms in total. The number of nitrogens with zero attached hydrogens (tertiary/aromatic N) is 3. The van der Waals surface area contributed by atoms with Crippen molar-refractivity contribution in [1.29, 1.82) is 0 Å². The molecule has 1 fully saturated rings. The predicted octanol–water partition coefficient (Wildman–Crippen LogP) is 2.77. The van der Waals surface area contributed by atoms with Crippen molar-refractivity contribution in [2.45, 2.75) is 57.9 Å². The van der Waals surface area contributed by atoms with Crippen LogP contribution >= 0.6 is 24.0 Å². The van der Waals surface area contributed by atoms with E-state index in [1.807, 2.05) is 39.1 Å². The van der Waals surface area contributed by atoms with Crippen molar-refractivity contribution in [2.75, 3.05) is 31.9 Å². The van der Waals surface area contributed by atoms with E-state index in [-0.39, 0.29) is 28.7 Å². The minimum absolute atomic E-state index is 0. The van der Waals surface area contributed by atoms with Gasteiger partial charge in [0.05, 0.1) is 12.2 Å². The van der Waals surface area contributed by atoms with E-state index in [9.17, 15) is 4.21 Å². The Morgan fingerprint density at radius 2 is 2.04 bits per heavy atom. The fourth-order valence-corrected chi connectivity index (χ4v) is 3.89. The third-order valence-corrected chi connectivity index (χ3v) is 6.53. The highest BCUT2D eigenvalue weighted by molar-refractivity contribution is 14.0. The fraction of sp³-hybridized carbons (Fsp3) is 0.700. The quantitative estimate of drug-likeness (QED) is 0.328. The van der Waals surface area contributed by atoms with Gasteiger partial charge in [0, 0.05) is 59.7 Å². The van der Waals surface area contributed by atoms with Gasteiger partial charge in [-0.1, -0.05) is 6.07 Å². The Labute approximate surface area is 189 Å². The monoisotopic (exact) mass is 521 g/mol. The third kappa shape index (κ3) is 9.17. The lowest BCUT2D eigenvalue weighted by Gasteiger charge is -2.32. The second-order valence-electron chi connectivity index (χ2n) is 7.94. The first-order chi connectivity index (χ1) is 12.9. The number of piperidine rings is 1. The van der Waals surface area contributed by atoms with Crippen LogP contribution < -0.4 is 10.6 Å². The maximum Gasteiger partial charge on any atom is 0.191 e. The summed E-state index contributed by atoms with van der Waals surface area (Å²) in [6.45, 7) is 12.5. The summed E-state index contributed by atoms with van der Waals surface area (Å²) in [6.07, 6.45) is 4.03. The van der Waals surface area contributed by atoms with Crippen molar-refractivity contribution in [1.82, 2.24) is 20.5 Å². The zero-order valence-electron chi connectivity index (χ0n) is 17.6. The average molecular weight is 522 g/mol. The van der Waals surface area contributed by atoms with Gasteiger partial charge in [-0.15, -0.1) is 24.0 Å². The van der Waals surface area contributed by atoms with Crippen LogP contribution in [0.15, 0.2) is 29.4 Å². The van der Waals surface area contributed by atoms with Crippen LogP contribution in [0.1, 0.15) is 46.2 Å². The third-order valence-electron chi connectivity index (χ3n) is 4.61. The minimum atomic E-state index is -0.864. The van der Waals surface area contributed by atoms with E-state index in [2.05, 4.69) is 38.5 Å². The van der Waals surface area contributed by atoms with Crippen molar-refractivity contribution < 1.29 is 4.21 Å². The number of rotatable bonds is 7. The molecule has 0 aliphatic carbocycles. The summed E-state index contributed by atoms with van der Waals surface area (Å²) in [5, 5.41) is 6.86. The van der Waals surface area contributed by atoms with Gasteiger partial charge in [0.15, 0.2) is 5.96 Å². The SMILES string of the molecule is CCNC(=NCCS(=O)C(C)(C)C)NC1CCN(Cc2ccccn2)CC1.I. The lowest BCUT2D eigenvalue weighted by Crippen LogP contribution is -2.48. The lowest BCUT2D eigenvalue weighted by molar-refractivity contribution is 0.196. The predicted molar refractivity (Wildman–Crippen MR) is 130 cm³/mol. The van der Waals surface area contributed by atoms with E-state index in [0.717, 1.165) is 50.7 Å². The van der Waals surface area contributed by atoms with E-state index in [1.165, 1.54) is 0 Å². The van der Waals surface area contributed by atoms with Crippen molar-refractivity contribution >= 4 is 40.7 Å². The summed E-state index contributed by atoms with van der Waals surface area (Å²) in [5.74, 6) is 1.44. The molecule has 1 unspecified atom stereocenters. The molecule has 28 heavy (non-hydrogen) atoms. The molecule has 160 valence electrons. The molecule has 1 aliphatic rings. The standard InChI is InChI=1S/C20H35N5OS.HI/c1-5-21-19(23-12-15-27(26)20(2,3)4)24-17-9-13-25(14-10-17)16-18-8-6-7-11-22-18;/h6-8,11,17H,5,9-10,12-16H2,1-4H3,(H2,21,23,24);1H. The molecule has 1 atom stereocenters. The van der Waals surface area contributed by atoms with Crippen molar-refractivity contribution in [3.63, 3.8) is 0 Å². The van der Waals surface area contributed by atoms with Gasteiger partial charge in [-0.3, -0.25) is 19.1 Å². The zero-order valence-corrected chi connectivity index (χ0v) is 20.8. The van der Waals surface area contributed by atoms with E-state index in [0.29, 0.717) is 18.3 Å². The Hall–Kier alpha value is -0.740. The molecular formula is C20H36IN5OS. The maximum absolute atomic E-state index is 12.2. The molecule has 0 spiro atoms. The Balaban J connectivity index is 0.00000392. The van der Waals surface area contributed by atoms with Gasteiger partial charge in [-0.25, -0.2) is 0 Å². The molecule has 0 radical (unpaired) electrons. The molecule has 0 saturated carbocycles. The molecule has 0 bridgehead atoms. The Kier molecular flexibility index (Phi) is 11.5. The number of guanidine groups is 1. The number of likely N-dealkylation sites (tertiary alicyclic amines) is 1. The second kappa shape index (κ2) is 12.7. The van der Waals surface area contributed by atoms with Crippen LogP contribution in [-0.2, 0) is 17.3 Å². The molecule has 2 rings (SSSR count). The largest absolute Gasteiger partial charge is 0.357 e. The Morgan fingerprint density at radius 1 is 1.32 bits per heavy atom. The summed E-state index contributed by atoms with van der Waals surface area (Å²) in [7, 11) is -0.864. The molecule has 1 aromatic rings. The number of halogens is 1. The molecule has 1 aliphatic heterocycles. The molecule has 0 amide bonds. The molecule has 0 aromatic carbocycles. The topological polar surface area (TPSA) is 69.6 Å². The zero-order chi connectivity index (χ0) is 19.7. The van der Waals surface area contributed by atoms with Gasteiger partial charge in [0.2, 0.25) is 0 Å². The minimum Gasteiger partial charge on any atom is -0.357 e. The van der Waals surface area contributed by atoms with Crippen molar-refractivity contribution in [3.8, 4) is 0 Å². The van der Waals surface area contributed by atoms with Crippen molar-refractivity contribution in [3.05, 3.63) is 30.1 Å². The highest BCUT2D eigenvalue weighted by atomic mass is 127. The summed E-state index contributed by atoms with van der Waals surface area (Å²) < 4.78 is 12.0. The fourth-order valence-electron chi connectivity index (χ4n) is 3.02. The van der Waals surface area contributed by atoms with Gasteiger partial charge in [-0.05, 0) is 52.7 Å². The first-order valence-electron chi connectivity index (χ1n) is 9.94. The van der Waals surface area contributed by atoms with Crippen LogP contribution in [0.2, 0.25) is 0 Å². The van der Waals surface area contributed by atoms with Gasteiger partial charge in [-0.2, -0.15) is 0 Å². The van der Waals surface area contributed by atoms with E-state index < -0.39 is 10.8 Å². The number of aliphatic imine (C=N–C) groups is 1. The summed E-state index contributed by atoms with van der Waals surface area (Å²) in [6, 6.07) is 6.51. The summed E-state index contributed by atoms with van der Waals surface area (Å²) >= 11 is 0. The van der Waals surface area contributed by atoms with Gasteiger partial charge < -0.3 is 10.6 Å². The highest BCUT2D eigenvalue weighted by Crippen LogP contribution is 2.13. The smallest absolute Gasteiger partial charge is 0.191 e. The number of nitrogens with one attached hydrogen (secondary N) is 2. The maximum atomic E-state index is 12.2. The van der Waals surface area contributed by atoms with Crippen LogP contribution in [0.25, 0.3) is 0 Å².